The number of hydrogen-bond donors (Lipinski definition) is 2. The van der Waals surface area contributed by atoms with E-state index in [0.29, 0.717) is 11.4 Å². The first-order valence-electron chi connectivity index (χ1n) is 5.29. The Balaban J connectivity index is 2.28. The van der Waals surface area contributed by atoms with Gasteiger partial charge < -0.3 is 11.1 Å². The van der Waals surface area contributed by atoms with Crippen LogP contribution in [0.1, 0.15) is 10.4 Å². The Morgan fingerprint density at radius 3 is 2.53 bits per heavy atom. The molecule has 0 aliphatic heterocycles. The minimum Gasteiger partial charge on any atom is -0.399 e. The summed E-state index contributed by atoms with van der Waals surface area (Å²) in [5, 5.41) is 2.33. The van der Waals surface area contributed by atoms with Crippen LogP contribution in [0.2, 0.25) is 5.02 Å². The van der Waals surface area contributed by atoms with Crippen molar-refractivity contribution >= 4 is 28.9 Å². The number of nitrogens with two attached hydrogens (primary N) is 1. The predicted molar refractivity (Wildman–Crippen MR) is 70.2 cm³/mol. The molecule has 0 aliphatic carbocycles. The third-order valence-electron chi connectivity index (χ3n) is 2.40. The van der Waals surface area contributed by atoms with Crippen molar-refractivity contribution in [2.45, 2.75) is 0 Å². The zero-order chi connectivity index (χ0) is 14.0. The largest absolute Gasteiger partial charge is 0.399 e. The lowest BCUT2D eigenvalue weighted by Gasteiger charge is -2.08. The monoisotopic (exact) mass is 282 g/mol. The highest BCUT2D eigenvalue weighted by molar-refractivity contribution is 6.34. The summed E-state index contributed by atoms with van der Waals surface area (Å²) < 4.78 is 26.0. The van der Waals surface area contributed by atoms with Gasteiger partial charge in [-0.2, -0.15) is 0 Å². The number of carbonyl (C=O) groups excluding carboxylic acids is 1. The van der Waals surface area contributed by atoms with Crippen LogP contribution >= 0.6 is 11.6 Å². The van der Waals surface area contributed by atoms with Crippen molar-refractivity contribution in [3.8, 4) is 0 Å². The van der Waals surface area contributed by atoms with Crippen LogP contribution in [0.15, 0.2) is 36.4 Å². The van der Waals surface area contributed by atoms with Gasteiger partial charge in [0, 0.05) is 11.4 Å². The van der Waals surface area contributed by atoms with E-state index in [9.17, 15) is 13.6 Å². The number of rotatable bonds is 2. The number of hydrogen-bond acceptors (Lipinski definition) is 2. The highest BCUT2D eigenvalue weighted by Gasteiger charge is 2.15. The molecule has 3 N–H and O–H groups in total. The van der Waals surface area contributed by atoms with Crippen LogP contribution in [0.3, 0.4) is 0 Å². The van der Waals surface area contributed by atoms with Crippen molar-refractivity contribution in [1.82, 2.24) is 0 Å². The molecular formula is C13H9ClF2N2O. The molecule has 19 heavy (non-hydrogen) atoms. The van der Waals surface area contributed by atoms with E-state index in [4.69, 9.17) is 17.3 Å². The summed E-state index contributed by atoms with van der Waals surface area (Å²) in [6, 6.07) is 7.95. The molecule has 2 rings (SSSR count). The Labute approximate surface area is 113 Å². The van der Waals surface area contributed by atoms with Crippen LogP contribution in [0.25, 0.3) is 0 Å². The molecule has 0 heterocycles. The van der Waals surface area contributed by atoms with Gasteiger partial charge in [-0.15, -0.1) is 0 Å². The van der Waals surface area contributed by atoms with E-state index in [-0.39, 0.29) is 10.6 Å². The van der Waals surface area contributed by atoms with E-state index < -0.39 is 17.5 Å². The fourth-order valence-corrected chi connectivity index (χ4v) is 1.75. The number of benzene rings is 2. The molecule has 3 nitrogen and oxygen atoms in total. The predicted octanol–water partition coefficient (Wildman–Crippen LogP) is 3.45. The molecule has 98 valence electrons. The van der Waals surface area contributed by atoms with Crippen molar-refractivity contribution < 1.29 is 13.6 Å². The summed E-state index contributed by atoms with van der Waals surface area (Å²) in [6.45, 7) is 0. The molecule has 0 unspecified atom stereocenters. The molecule has 0 aromatic heterocycles. The van der Waals surface area contributed by atoms with E-state index in [1.165, 1.54) is 6.07 Å². The molecule has 6 heteroatoms. The molecule has 1 amide bonds. The molecule has 0 saturated carbocycles. The second kappa shape index (κ2) is 5.24. The topological polar surface area (TPSA) is 55.1 Å². The fourth-order valence-electron chi connectivity index (χ4n) is 1.51. The zero-order valence-corrected chi connectivity index (χ0v) is 10.3. The van der Waals surface area contributed by atoms with Gasteiger partial charge in [0.25, 0.3) is 5.91 Å². The maximum Gasteiger partial charge on any atom is 0.257 e. The molecule has 2 aromatic rings. The lowest BCUT2D eigenvalue weighted by molar-refractivity contribution is 0.102. The molecule has 0 radical (unpaired) electrons. The molecule has 0 spiro atoms. The van der Waals surface area contributed by atoms with E-state index >= 15 is 0 Å². The average Bonchev–Trinajstić information content (AvgIpc) is 2.33. The second-order valence-corrected chi connectivity index (χ2v) is 4.23. The van der Waals surface area contributed by atoms with Gasteiger partial charge in [0.15, 0.2) is 11.6 Å². The summed E-state index contributed by atoms with van der Waals surface area (Å²) >= 11 is 5.70. The fraction of sp³-hybridized carbons (Fsp3) is 0. The first-order valence-corrected chi connectivity index (χ1v) is 5.66. The van der Waals surface area contributed by atoms with Crippen molar-refractivity contribution in [2.24, 2.45) is 0 Å². The van der Waals surface area contributed by atoms with Gasteiger partial charge in [0.05, 0.1) is 10.6 Å². The van der Waals surface area contributed by atoms with Gasteiger partial charge in [0.2, 0.25) is 0 Å². The van der Waals surface area contributed by atoms with Gasteiger partial charge in [-0.3, -0.25) is 4.79 Å². The summed E-state index contributed by atoms with van der Waals surface area (Å²) in [5.41, 5.74) is 6.31. The third-order valence-corrected chi connectivity index (χ3v) is 2.71. The average molecular weight is 283 g/mol. The van der Waals surface area contributed by atoms with Crippen molar-refractivity contribution in [3.63, 3.8) is 0 Å². The highest BCUT2D eigenvalue weighted by Crippen LogP contribution is 2.21. The Morgan fingerprint density at radius 2 is 1.84 bits per heavy atom. The lowest BCUT2D eigenvalue weighted by atomic mass is 10.2. The quantitative estimate of drug-likeness (QED) is 0.655. The molecule has 0 atom stereocenters. The van der Waals surface area contributed by atoms with E-state index in [2.05, 4.69) is 5.32 Å². The number of halogens is 3. The SMILES string of the molecule is Nc1cccc(NC(=O)c2cc(F)c(F)cc2Cl)c1. The lowest BCUT2D eigenvalue weighted by Crippen LogP contribution is -2.13. The Morgan fingerprint density at radius 1 is 1.16 bits per heavy atom. The smallest absolute Gasteiger partial charge is 0.257 e. The Hall–Kier alpha value is -2.14. The second-order valence-electron chi connectivity index (χ2n) is 3.83. The van der Waals surface area contributed by atoms with Gasteiger partial charge in [-0.1, -0.05) is 17.7 Å². The maximum absolute atomic E-state index is 13.1. The summed E-state index contributed by atoms with van der Waals surface area (Å²) in [7, 11) is 0. The number of anilines is 2. The van der Waals surface area contributed by atoms with Crippen molar-refractivity contribution in [3.05, 3.63) is 58.6 Å². The van der Waals surface area contributed by atoms with Crippen LogP contribution in [-0.4, -0.2) is 5.91 Å². The van der Waals surface area contributed by atoms with Gasteiger partial charge in [-0.25, -0.2) is 8.78 Å². The Bertz CT molecular complexity index is 647. The minimum absolute atomic E-state index is 0.150. The normalized spacial score (nSPS) is 10.3. The van der Waals surface area contributed by atoms with E-state index in [1.807, 2.05) is 0 Å². The summed E-state index contributed by atoms with van der Waals surface area (Å²) in [5.74, 6) is -2.89. The number of nitrogens with one attached hydrogen (secondary N) is 1. The molecule has 2 aromatic carbocycles. The standard InChI is InChI=1S/C13H9ClF2N2O/c14-10-6-12(16)11(15)5-9(10)13(19)18-8-3-1-2-7(17)4-8/h1-6H,17H2,(H,18,19). The molecular weight excluding hydrogens is 274 g/mol. The molecule has 0 bridgehead atoms. The Kier molecular flexibility index (Phi) is 3.66. The van der Waals surface area contributed by atoms with Gasteiger partial charge in [-0.05, 0) is 30.3 Å². The van der Waals surface area contributed by atoms with Crippen LogP contribution in [0.5, 0.6) is 0 Å². The zero-order valence-electron chi connectivity index (χ0n) is 9.58. The van der Waals surface area contributed by atoms with Crippen LogP contribution in [0, 0.1) is 11.6 Å². The van der Waals surface area contributed by atoms with Crippen LogP contribution in [-0.2, 0) is 0 Å². The van der Waals surface area contributed by atoms with Gasteiger partial charge >= 0.3 is 0 Å². The molecule has 0 saturated heterocycles. The number of nitrogen functional groups attached to an aromatic ring is 1. The van der Waals surface area contributed by atoms with E-state index in [0.717, 1.165) is 12.1 Å². The summed E-state index contributed by atoms with van der Waals surface area (Å²) in [6.07, 6.45) is 0. The van der Waals surface area contributed by atoms with E-state index in [1.54, 1.807) is 18.2 Å². The highest BCUT2D eigenvalue weighted by atomic mass is 35.5. The molecule has 0 aliphatic rings. The summed E-state index contributed by atoms with van der Waals surface area (Å²) in [4.78, 5) is 11.9. The third kappa shape index (κ3) is 3.00. The number of carbonyl (C=O) groups is 1. The molecule has 0 fully saturated rings. The van der Waals surface area contributed by atoms with Crippen molar-refractivity contribution in [1.29, 1.82) is 0 Å². The van der Waals surface area contributed by atoms with Crippen LogP contribution < -0.4 is 11.1 Å². The maximum atomic E-state index is 13.1. The first kappa shape index (κ1) is 13.3. The van der Waals surface area contributed by atoms with Crippen molar-refractivity contribution in [2.75, 3.05) is 11.1 Å². The van der Waals surface area contributed by atoms with Gasteiger partial charge in [0.1, 0.15) is 0 Å². The van der Waals surface area contributed by atoms with Crippen LogP contribution in [0.4, 0.5) is 20.2 Å². The minimum atomic E-state index is -1.14. The number of amides is 1. The first-order chi connectivity index (χ1) is 8.97.